The minimum atomic E-state index is -0.343. The lowest BCUT2D eigenvalue weighted by atomic mass is 9.74. The van der Waals surface area contributed by atoms with Gasteiger partial charge in [-0.1, -0.05) is 19.3 Å². The van der Waals surface area contributed by atoms with Crippen LogP contribution in [-0.4, -0.2) is 19.6 Å². The second-order valence-corrected chi connectivity index (χ2v) is 5.45. The minimum Gasteiger partial charge on any atom is -0.497 e. The van der Waals surface area contributed by atoms with E-state index in [2.05, 4.69) is 5.32 Å². The second kappa shape index (κ2) is 4.76. The van der Waals surface area contributed by atoms with Crippen LogP contribution in [0.1, 0.15) is 32.1 Å². The Hall–Kier alpha value is -1.71. The number of rotatable bonds is 1. The molecule has 1 saturated carbocycles. The monoisotopic (exact) mass is 261 g/mol. The highest BCUT2D eigenvalue weighted by atomic mass is 16.5. The van der Waals surface area contributed by atoms with E-state index in [1.807, 2.05) is 18.2 Å². The Bertz CT molecular complexity index is 492. The van der Waals surface area contributed by atoms with Gasteiger partial charge in [0.1, 0.15) is 18.1 Å². The van der Waals surface area contributed by atoms with E-state index in [-0.39, 0.29) is 11.3 Å². The predicted molar refractivity (Wildman–Crippen MR) is 72.6 cm³/mol. The zero-order chi connectivity index (χ0) is 13.3. The highest BCUT2D eigenvalue weighted by molar-refractivity contribution is 5.97. The minimum absolute atomic E-state index is 0.108. The number of carbonyl (C=O) groups excluding carboxylic acids is 1. The standard InChI is InChI=1S/C15H19NO3/c1-18-11-5-6-12-13(9-11)19-10-15(14(17)16-12)7-3-2-4-8-15/h5-6,9H,2-4,7-8,10H2,1H3,(H,16,17). The van der Waals surface area contributed by atoms with Crippen LogP contribution in [0.5, 0.6) is 11.5 Å². The molecule has 1 aromatic rings. The molecule has 4 nitrogen and oxygen atoms in total. The van der Waals surface area contributed by atoms with E-state index in [1.54, 1.807) is 7.11 Å². The number of carbonyl (C=O) groups is 1. The van der Waals surface area contributed by atoms with Gasteiger partial charge in [-0.25, -0.2) is 0 Å². The molecule has 0 radical (unpaired) electrons. The summed E-state index contributed by atoms with van der Waals surface area (Å²) in [4.78, 5) is 12.5. The van der Waals surface area contributed by atoms with Crippen molar-refractivity contribution in [2.24, 2.45) is 5.41 Å². The first kappa shape index (κ1) is 12.3. The summed E-state index contributed by atoms with van der Waals surface area (Å²) < 4.78 is 11.1. The van der Waals surface area contributed by atoms with Crippen molar-refractivity contribution in [3.63, 3.8) is 0 Å². The lowest BCUT2D eigenvalue weighted by Gasteiger charge is -2.33. The predicted octanol–water partition coefficient (Wildman–Crippen LogP) is 2.98. The van der Waals surface area contributed by atoms with Gasteiger partial charge in [-0.3, -0.25) is 4.79 Å². The number of benzene rings is 1. The van der Waals surface area contributed by atoms with Gasteiger partial charge in [-0.15, -0.1) is 0 Å². The summed E-state index contributed by atoms with van der Waals surface area (Å²) in [5, 5.41) is 3.01. The van der Waals surface area contributed by atoms with Crippen LogP contribution in [0.3, 0.4) is 0 Å². The van der Waals surface area contributed by atoms with E-state index in [0.717, 1.165) is 37.1 Å². The molecular weight excluding hydrogens is 242 g/mol. The fraction of sp³-hybridized carbons (Fsp3) is 0.533. The number of hydrogen-bond acceptors (Lipinski definition) is 3. The normalized spacial score (nSPS) is 21.0. The molecule has 102 valence electrons. The van der Waals surface area contributed by atoms with Crippen LogP contribution in [0.15, 0.2) is 18.2 Å². The van der Waals surface area contributed by atoms with Crippen LogP contribution in [0.25, 0.3) is 0 Å². The Morgan fingerprint density at radius 2 is 2.05 bits per heavy atom. The van der Waals surface area contributed by atoms with Gasteiger partial charge in [-0.05, 0) is 25.0 Å². The summed E-state index contributed by atoms with van der Waals surface area (Å²) >= 11 is 0. The van der Waals surface area contributed by atoms with Crippen LogP contribution in [0.2, 0.25) is 0 Å². The molecule has 1 spiro atoms. The lowest BCUT2D eigenvalue weighted by molar-refractivity contribution is -0.128. The molecule has 0 unspecified atom stereocenters. The SMILES string of the molecule is COc1ccc2c(c1)OCC1(CCCCC1)C(=O)N2. The molecule has 0 bridgehead atoms. The average Bonchev–Trinajstić information content (AvgIpc) is 2.58. The van der Waals surface area contributed by atoms with Gasteiger partial charge in [0.05, 0.1) is 18.2 Å². The number of fused-ring (bicyclic) bond motifs is 1. The fourth-order valence-corrected chi connectivity index (χ4v) is 2.99. The second-order valence-electron chi connectivity index (χ2n) is 5.45. The molecule has 1 heterocycles. The summed E-state index contributed by atoms with van der Waals surface area (Å²) in [6.07, 6.45) is 5.27. The third-order valence-electron chi connectivity index (χ3n) is 4.23. The highest BCUT2D eigenvalue weighted by Crippen LogP contribution is 2.42. The van der Waals surface area contributed by atoms with E-state index in [0.29, 0.717) is 12.4 Å². The van der Waals surface area contributed by atoms with Crippen molar-refractivity contribution in [1.29, 1.82) is 0 Å². The fourth-order valence-electron chi connectivity index (χ4n) is 2.99. The third kappa shape index (κ3) is 2.15. The molecule has 3 rings (SSSR count). The van der Waals surface area contributed by atoms with E-state index >= 15 is 0 Å². The van der Waals surface area contributed by atoms with E-state index in [1.165, 1.54) is 6.42 Å². The van der Waals surface area contributed by atoms with Crippen LogP contribution in [0, 0.1) is 5.41 Å². The zero-order valence-electron chi connectivity index (χ0n) is 11.2. The number of methoxy groups -OCH3 is 1. The number of hydrogen-bond donors (Lipinski definition) is 1. The Morgan fingerprint density at radius 3 is 2.79 bits per heavy atom. The maximum absolute atomic E-state index is 12.5. The van der Waals surface area contributed by atoms with Crippen LogP contribution in [-0.2, 0) is 4.79 Å². The van der Waals surface area contributed by atoms with E-state index in [9.17, 15) is 4.79 Å². The first-order chi connectivity index (χ1) is 9.23. The van der Waals surface area contributed by atoms with Gasteiger partial charge in [0.2, 0.25) is 5.91 Å². The van der Waals surface area contributed by atoms with Gasteiger partial charge in [0, 0.05) is 6.07 Å². The van der Waals surface area contributed by atoms with Crippen LogP contribution in [0.4, 0.5) is 5.69 Å². The van der Waals surface area contributed by atoms with E-state index < -0.39 is 0 Å². The molecule has 4 heteroatoms. The summed E-state index contributed by atoms with van der Waals surface area (Å²) in [5.74, 6) is 1.55. The van der Waals surface area contributed by atoms with Crippen LogP contribution < -0.4 is 14.8 Å². The largest absolute Gasteiger partial charge is 0.497 e. The maximum Gasteiger partial charge on any atom is 0.234 e. The lowest BCUT2D eigenvalue weighted by Crippen LogP contribution is -2.41. The Morgan fingerprint density at radius 1 is 1.26 bits per heavy atom. The summed E-state index contributed by atoms with van der Waals surface area (Å²) in [7, 11) is 1.62. The van der Waals surface area contributed by atoms with Gasteiger partial charge in [-0.2, -0.15) is 0 Å². The van der Waals surface area contributed by atoms with Crippen molar-refractivity contribution in [3.8, 4) is 11.5 Å². The van der Waals surface area contributed by atoms with Crippen molar-refractivity contribution in [3.05, 3.63) is 18.2 Å². The molecule has 0 atom stereocenters. The van der Waals surface area contributed by atoms with Crippen molar-refractivity contribution in [2.45, 2.75) is 32.1 Å². The molecule has 1 aliphatic heterocycles. The molecule has 2 aliphatic rings. The third-order valence-corrected chi connectivity index (χ3v) is 4.23. The number of nitrogens with one attached hydrogen (secondary N) is 1. The number of ether oxygens (including phenoxy) is 2. The molecule has 1 aliphatic carbocycles. The first-order valence-electron chi connectivity index (χ1n) is 6.86. The van der Waals surface area contributed by atoms with Gasteiger partial charge in [0.25, 0.3) is 0 Å². The molecule has 1 fully saturated rings. The number of amides is 1. The van der Waals surface area contributed by atoms with Gasteiger partial charge >= 0.3 is 0 Å². The molecule has 1 N–H and O–H groups in total. The summed E-state index contributed by atoms with van der Waals surface area (Å²) in [6, 6.07) is 5.51. The smallest absolute Gasteiger partial charge is 0.234 e. The Balaban J connectivity index is 1.90. The maximum atomic E-state index is 12.5. The average molecular weight is 261 g/mol. The highest BCUT2D eigenvalue weighted by Gasteiger charge is 2.42. The van der Waals surface area contributed by atoms with Crippen molar-refractivity contribution < 1.29 is 14.3 Å². The molecular formula is C15H19NO3. The van der Waals surface area contributed by atoms with Crippen LogP contribution >= 0.6 is 0 Å². The Labute approximate surface area is 113 Å². The van der Waals surface area contributed by atoms with Crippen molar-refractivity contribution in [2.75, 3.05) is 19.0 Å². The van der Waals surface area contributed by atoms with Gasteiger partial charge in [0.15, 0.2) is 0 Å². The van der Waals surface area contributed by atoms with Crippen molar-refractivity contribution in [1.82, 2.24) is 0 Å². The number of anilines is 1. The molecule has 0 saturated heterocycles. The van der Waals surface area contributed by atoms with Crippen molar-refractivity contribution >= 4 is 11.6 Å². The first-order valence-corrected chi connectivity index (χ1v) is 6.86. The Kier molecular flexibility index (Phi) is 3.09. The molecule has 1 aromatic carbocycles. The van der Waals surface area contributed by atoms with Gasteiger partial charge < -0.3 is 14.8 Å². The molecule has 19 heavy (non-hydrogen) atoms. The summed E-state index contributed by atoms with van der Waals surface area (Å²) in [5.41, 5.74) is 0.401. The zero-order valence-corrected chi connectivity index (χ0v) is 11.2. The summed E-state index contributed by atoms with van der Waals surface area (Å²) in [6.45, 7) is 0.471. The quantitative estimate of drug-likeness (QED) is 0.845. The molecule has 1 amide bonds. The molecule has 0 aromatic heterocycles. The van der Waals surface area contributed by atoms with E-state index in [4.69, 9.17) is 9.47 Å². The topological polar surface area (TPSA) is 47.6 Å².